The minimum atomic E-state index is -3.46. The van der Waals surface area contributed by atoms with Crippen molar-refractivity contribution in [2.45, 2.75) is 57.3 Å². The molecule has 1 N–H and O–H groups in total. The van der Waals surface area contributed by atoms with E-state index in [-0.39, 0.29) is 10.6 Å². The highest BCUT2D eigenvalue weighted by atomic mass is 32.5. The number of phenols is 1. The SMILES string of the molecule is CCCCCN(CCCCC)S(=O)(=O)c1ccc(O)cc1.COP([O-])(=S)OC. The minimum absolute atomic E-state index is 0.0810. The molecule has 0 atom stereocenters. The first-order valence-corrected chi connectivity index (χ1v) is 13.4. The molecule has 0 spiro atoms. The molecule has 0 unspecified atom stereocenters. The lowest BCUT2D eigenvalue weighted by atomic mass is 10.2. The minimum Gasteiger partial charge on any atom is -0.780 e. The van der Waals surface area contributed by atoms with Crippen LogP contribution in [0.15, 0.2) is 29.2 Å². The van der Waals surface area contributed by atoms with Crippen molar-refractivity contribution in [2.24, 2.45) is 0 Å². The normalized spacial score (nSPS) is 11.9. The zero-order valence-electron chi connectivity index (χ0n) is 17.2. The maximum absolute atomic E-state index is 12.7. The zero-order chi connectivity index (χ0) is 21.6. The van der Waals surface area contributed by atoms with Crippen molar-refractivity contribution in [3.63, 3.8) is 0 Å². The number of hydrogen-bond acceptors (Lipinski definition) is 7. The Balaban J connectivity index is 0.000000887. The Bertz CT molecular complexity index is 664. The second kappa shape index (κ2) is 14.4. The van der Waals surface area contributed by atoms with Crippen LogP contribution < -0.4 is 4.89 Å². The summed E-state index contributed by atoms with van der Waals surface area (Å²) in [7, 11) is -0.962. The lowest BCUT2D eigenvalue weighted by molar-refractivity contribution is -0.201. The lowest BCUT2D eigenvalue weighted by Crippen LogP contribution is -2.33. The van der Waals surface area contributed by atoms with E-state index in [1.165, 1.54) is 38.5 Å². The lowest BCUT2D eigenvalue weighted by Gasteiger charge is -2.22. The molecule has 164 valence electrons. The van der Waals surface area contributed by atoms with Gasteiger partial charge in [0.25, 0.3) is 0 Å². The Morgan fingerprint density at radius 2 is 1.43 bits per heavy atom. The van der Waals surface area contributed by atoms with Gasteiger partial charge in [-0.25, -0.2) is 8.42 Å². The van der Waals surface area contributed by atoms with Gasteiger partial charge in [0.1, 0.15) is 12.5 Å². The molecule has 0 bridgehead atoms. The van der Waals surface area contributed by atoms with Gasteiger partial charge in [0, 0.05) is 27.3 Å². The van der Waals surface area contributed by atoms with Gasteiger partial charge in [-0.2, -0.15) is 4.31 Å². The van der Waals surface area contributed by atoms with Crippen molar-refractivity contribution in [3.8, 4) is 5.75 Å². The van der Waals surface area contributed by atoms with E-state index in [0.29, 0.717) is 13.1 Å². The maximum atomic E-state index is 12.7. The summed E-state index contributed by atoms with van der Waals surface area (Å²) in [6, 6.07) is 5.78. The second-order valence-corrected chi connectivity index (χ2v) is 11.0. The monoisotopic (exact) mass is 454 g/mol. The van der Waals surface area contributed by atoms with Crippen molar-refractivity contribution in [2.75, 3.05) is 27.3 Å². The third kappa shape index (κ3) is 10.9. The van der Waals surface area contributed by atoms with E-state index in [4.69, 9.17) is 0 Å². The van der Waals surface area contributed by atoms with Gasteiger partial charge in [-0.3, -0.25) is 0 Å². The quantitative estimate of drug-likeness (QED) is 0.380. The van der Waals surface area contributed by atoms with Gasteiger partial charge < -0.3 is 19.0 Å². The summed E-state index contributed by atoms with van der Waals surface area (Å²) in [5.41, 5.74) is 0. The first-order valence-electron chi connectivity index (χ1n) is 9.36. The standard InChI is InChI=1S/C16H27NO3S.C2H7O3PS/c1-3-5-7-13-17(14-8-6-4-2)21(19,20)16-11-9-15(18)10-12-16;1-4-6(3,7)5-2/h9-12,18H,3-8,13-14H2,1-2H3;1-2H3,(H,3,7)/p-1. The van der Waals surface area contributed by atoms with E-state index in [1.54, 1.807) is 4.31 Å². The predicted molar refractivity (Wildman–Crippen MR) is 114 cm³/mol. The molecule has 0 saturated carbocycles. The van der Waals surface area contributed by atoms with E-state index in [1.807, 2.05) is 0 Å². The van der Waals surface area contributed by atoms with Gasteiger partial charge in [-0.05, 0) is 37.1 Å². The number of hydrogen-bond donors (Lipinski definition) is 1. The summed E-state index contributed by atoms with van der Waals surface area (Å²) in [4.78, 5) is 10.6. The molecule has 1 aromatic rings. The molecule has 0 radical (unpaired) electrons. The van der Waals surface area contributed by atoms with Gasteiger partial charge in [-0.1, -0.05) is 51.3 Å². The average Bonchev–Trinajstić information content (AvgIpc) is 2.68. The number of benzene rings is 1. The Hall–Kier alpha value is -0.540. The van der Waals surface area contributed by atoms with E-state index in [9.17, 15) is 18.4 Å². The number of phenolic OH excluding ortho intramolecular Hbond substituents is 1. The largest absolute Gasteiger partial charge is 0.780 e. The number of rotatable bonds is 12. The predicted octanol–water partition coefficient (Wildman–Crippen LogP) is 3.63. The molecule has 0 aliphatic heterocycles. The number of unbranched alkanes of at least 4 members (excludes halogenated alkanes) is 4. The molecule has 0 aliphatic carbocycles. The van der Waals surface area contributed by atoms with Crippen molar-refractivity contribution in [1.82, 2.24) is 4.31 Å². The topological polar surface area (TPSA) is 99.1 Å². The van der Waals surface area contributed by atoms with Gasteiger partial charge in [0.05, 0.1) is 4.90 Å². The van der Waals surface area contributed by atoms with E-state index >= 15 is 0 Å². The molecule has 10 heteroatoms. The number of aromatic hydroxyl groups is 1. The van der Waals surface area contributed by atoms with Crippen LogP contribution in [-0.2, 0) is 30.9 Å². The summed E-state index contributed by atoms with van der Waals surface area (Å²) in [5.74, 6) is 0.0810. The molecule has 0 heterocycles. The maximum Gasteiger partial charge on any atom is 0.243 e. The zero-order valence-corrected chi connectivity index (χ0v) is 19.7. The fourth-order valence-corrected chi connectivity index (χ4v) is 3.94. The van der Waals surface area contributed by atoms with Crippen molar-refractivity contribution < 1.29 is 27.5 Å². The van der Waals surface area contributed by atoms with Crippen LogP contribution in [0.25, 0.3) is 0 Å². The summed E-state index contributed by atoms with van der Waals surface area (Å²) in [6.45, 7) is 2.28. The smallest absolute Gasteiger partial charge is 0.243 e. The average molecular weight is 455 g/mol. The third-order valence-corrected chi connectivity index (χ3v) is 7.65. The summed E-state index contributed by atoms with van der Waals surface area (Å²) >= 11 is 4.26. The highest BCUT2D eigenvalue weighted by Crippen LogP contribution is 2.35. The van der Waals surface area contributed by atoms with Crippen LogP contribution >= 0.6 is 6.72 Å². The molecule has 1 rings (SSSR count). The molecule has 1 aromatic carbocycles. The van der Waals surface area contributed by atoms with Crippen LogP contribution in [0, 0.1) is 0 Å². The molecule has 0 aliphatic rings. The molecule has 28 heavy (non-hydrogen) atoms. The molecule has 0 amide bonds. The molecule has 0 fully saturated rings. The van der Waals surface area contributed by atoms with Gasteiger partial charge in [-0.15, -0.1) is 0 Å². The Morgan fingerprint density at radius 3 is 1.75 bits per heavy atom. The molecular formula is C18H33NO6PS2-. The van der Waals surface area contributed by atoms with Crippen LogP contribution in [0.1, 0.15) is 52.4 Å². The molecule has 0 saturated heterocycles. The fourth-order valence-electron chi connectivity index (χ4n) is 2.27. The molecule has 0 aromatic heterocycles. The van der Waals surface area contributed by atoms with E-state index in [0.717, 1.165) is 38.5 Å². The summed E-state index contributed by atoms with van der Waals surface area (Å²) in [6.07, 6.45) is 5.99. The Labute approximate surface area is 175 Å². The Kier molecular flexibility index (Phi) is 14.2. The third-order valence-electron chi connectivity index (χ3n) is 3.94. The van der Waals surface area contributed by atoms with Crippen LogP contribution in [-0.4, -0.2) is 45.1 Å². The van der Waals surface area contributed by atoms with Crippen LogP contribution in [0.2, 0.25) is 0 Å². The first kappa shape index (κ1) is 27.5. The highest BCUT2D eigenvalue weighted by Gasteiger charge is 2.23. The van der Waals surface area contributed by atoms with Crippen LogP contribution in [0.4, 0.5) is 0 Å². The molecule has 7 nitrogen and oxygen atoms in total. The van der Waals surface area contributed by atoms with Crippen LogP contribution in [0.5, 0.6) is 5.75 Å². The van der Waals surface area contributed by atoms with Crippen molar-refractivity contribution in [3.05, 3.63) is 24.3 Å². The van der Waals surface area contributed by atoms with Crippen molar-refractivity contribution in [1.29, 1.82) is 0 Å². The first-order chi connectivity index (χ1) is 13.1. The van der Waals surface area contributed by atoms with Gasteiger partial charge in [0.2, 0.25) is 10.0 Å². The van der Waals surface area contributed by atoms with Crippen LogP contribution in [0.3, 0.4) is 0 Å². The summed E-state index contributed by atoms with van der Waals surface area (Å²) < 4.78 is 35.4. The number of sulfonamides is 1. The Morgan fingerprint density at radius 1 is 1.00 bits per heavy atom. The van der Waals surface area contributed by atoms with E-state index in [2.05, 4.69) is 34.7 Å². The number of nitrogens with zero attached hydrogens (tertiary/aromatic N) is 1. The van der Waals surface area contributed by atoms with Gasteiger partial charge >= 0.3 is 0 Å². The van der Waals surface area contributed by atoms with Gasteiger partial charge in [0.15, 0.2) is 0 Å². The van der Waals surface area contributed by atoms with Crippen molar-refractivity contribution >= 4 is 28.5 Å². The summed E-state index contributed by atoms with van der Waals surface area (Å²) in [5, 5.41) is 9.30. The second-order valence-electron chi connectivity index (χ2n) is 6.12. The molecular weight excluding hydrogens is 421 g/mol. The highest BCUT2D eigenvalue weighted by molar-refractivity contribution is 8.06. The van der Waals surface area contributed by atoms with E-state index < -0.39 is 16.7 Å². The fraction of sp³-hybridized carbons (Fsp3) is 0.667.